The highest BCUT2D eigenvalue weighted by atomic mass is 32.1. The van der Waals surface area contributed by atoms with E-state index in [2.05, 4.69) is 15.7 Å². The number of aromatic nitrogens is 1. The maximum Gasteiger partial charge on any atom is 0.120 e. The molecule has 0 unspecified atom stereocenters. The Bertz CT molecular complexity index is 433. The number of hydrogen-bond acceptors (Lipinski definition) is 4. The molecule has 2 heterocycles. The van der Waals surface area contributed by atoms with E-state index < -0.39 is 0 Å². The number of aryl methyl sites for hydroxylation is 2. The van der Waals surface area contributed by atoms with Gasteiger partial charge in [0.2, 0.25) is 0 Å². The summed E-state index contributed by atoms with van der Waals surface area (Å²) >= 11 is 1.68. The third kappa shape index (κ3) is 2.67. The Kier molecular flexibility index (Phi) is 3.18. The van der Waals surface area contributed by atoms with E-state index in [4.69, 9.17) is 4.42 Å². The van der Waals surface area contributed by atoms with Gasteiger partial charge in [0.25, 0.3) is 0 Å². The molecular formula is C11H14N2OS. The van der Waals surface area contributed by atoms with Crippen molar-refractivity contribution in [3.63, 3.8) is 0 Å². The molecule has 0 atom stereocenters. The molecule has 0 saturated carbocycles. The lowest BCUT2D eigenvalue weighted by Gasteiger charge is -2.00. The standard InChI is InChI=1S/C11H14N2OS/c1-8-3-4-14-11(8)6-12-5-10-7-15-9(2)13-10/h3-4,7,12H,5-6H2,1-2H3. The molecule has 1 N–H and O–H groups in total. The molecule has 0 bridgehead atoms. The van der Waals surface area contributed by atoms with Crippen molar-refractivity contribution < 1.29 is 4.42 Å². The van der Waals surface area contributed by atoms with Crippen LogP contribution in [0.5, 0.6) is 0 Å². The molecule has 0 amide bonds. The molecule has 0 aliphatic carbocycles. The molecule has 80 valence electrons. The van der Waals surface area contributed by atoms with Crippen molar-refractivity contribution in [1.29, 1.82) is 0 Å². The molecule has 3 nitrogen and oxygen atoms in total. The third-order valence-electron chi connectivity index (χ3n) is 2.23. The van der Waals surface area contributed by atoms with Crippen molar-refractivity contribution in [2.75, 3.05) is 0 Å². The molecule has 0 fully saturated rings. The van der Waals surface area contributed by atoms with Crippen LogP contribution in [0.25, 0.3) is 0 Å². The summed E-state index contributed by atoms with van der Waals surface area (Å²) in [5.74, 6) is 1.00. The lowest BCUT2D eigenvalue weighted by molar-refractivity contribution is 0.479. The van der Waals surface area contributed by atoms with E-state index in [1.807, 2.05) is 19.9 Å². The second kappa shape index (κ2) is 4.59. The van der Waals surface area contributed by atoms with Crippen LogP contribution in [0.2, 0.25) is 0 Å². The van der Waals surface area contributed by atoms with Gasteiger partial charge in [-0.25, -0.2) is 4.98 Å². The third-order valence-corrected chi connectivity index (χ3v) is 3.05. The summed E-state index contributed by atoms with van der Waals surface area (Å²) in [6.45, 7) is 5.62. The van der Waals surface area contributed by atoms with Gasteiger partial charge >= 0.3 is 0 Å². The maximum atomic E-state index is 5.33. The van der Waals surface area contributed by atoms with Crippen LogP contribution in [0.3, 0.4) is 0 Å². The smallest absolute Gasteiger partial charge is 0.120 e. The van der Waals surface area contributed by atoms with Gasteiger partial charge in [0.1, 0.15) is 5.76 Å². The molecule has 2 aromatic rings. The highest BCUT2D eigenvalue weighted by molar-refractivity contribution is 7.09. The van der Waals surface area contributed by atoms with E-state index in [1.54, 1.807) is 17.6 Å². The molecule has 0 aliphatic heterocycles. The van der Waals surface area contributed by atoms with Gasteiger partial charge in [-0.2, -0.15) is 0 Å². The summed E-state index contributed by atoms with van der Waals surface area (Å²) in [7, 11) is 0. The Hall–Kier alpha value is -1.13. The van der Waals surface area contributed by atoms with Crippen molar-refractivity contribution in [2.24, 2.45) is 0 Å². The SMILES string of the molecule is Cc1nc(CNCc2occc2C)cs1. The van der Waals surface area contributed by atoms with E-state index in [-0.39, 0.29) is 0 Å². The molecule has 2 rings (SSSR count). The minimum absolute atomic E-state index is 0.759. The minimum Gasteiger partial charge on any atom is -0.468 e. The van der Waals surface area contributed by atoms with Crippen molar-refractivity contribution in [2.45, 2.75) is 26.9 Å². The van der Waals surface area contributed by atoms with Gasteiger partial charge in [-0.05, 0) is 25.5 Å². The van der Waals surface area contributed by atoms with E-state index in [0.717, 1.165) is 29.6 Å². The number of hydrogen-bond donors (Lipinski definition) is 1. The molecule has 0 radical (unpaired) electrons. The number of nitrogens with zero attached hydrogens (tertiary/aromatic N) is 1. The lowest BCUT2D eigenvalue weighted by Crippen LogP contribution is -2.12. The van der Waals surface area contributed by atoms with Gasteiger partial charge in [-0.1, -0.05) is 0 Å². The topological polar surface area (TPSA) is 38.1 Å². The van der Waals surface area contributed by atoms with E-state index in [1.165, 1.54) is 5.56 Å². The van der Waals surface area contributed by atoms with Gasteiger partial charge in [0.05, 0.1) is 23.5 Å². The second-order valence-corrected chi connectivity index (χ2v) is 4.55. The number of furan rings is 1. The summed E-state index contributed by atoms with van der Waals surface area (Å²) in [6, 6.07) is 1.98. The fourth-order valence-corrected chi connectivity index (χ4v) is 1.99. The summed E-state index contributed by atoms with van der Waals surface area (Å²) < 4.78 is 5.33. The first-order valence-corrected chi connectivity index (χ1v) is 5.78. The van der Waals surface area contributed by atoms with Crippen molar-refractivity contribution in [3.05, 3.63) is 39.7 Å². The molecular weight excluding hydrogens is 208 g/mol. The minimum atomic E-state index is 0.759. The summed E-state index contributed by atoms with van der Waals surface area (Å²) in [6.07, 6.45) is 1.72. The Balaban J connectivity index is 1.83. The van der Waals surface area contributed by atoms with E-state index >= 15 is 0 Å². The Morgan fingerprint density at radius 3 is 2.87 bits per heavy atom. The normalized spacial score (nSPS) is 10.8. The van der Waals surface area contributed by atoms with Crippen LogP contribution >= 0.6 is 11.3 Å². The number of thiazole rings is 1. The predicted octanol–water partition coefficient (Wildman–Crippen LogP) is 2.64. The average Bonchev–Trinajstić information content (AvgIpc) is 2.77. The summed E-state index contributed by atoms with van der Waals surface area (Å²) in [4.78, 5) is 4.38. The van der Waals surface area contributed by atoms with Gasteiger partial charge in [-0.15, -0.1) is 11.3 Å². The predicted molar refractivity (Wildman–Crippen MR) is 60.8 cm³/mol. The first-order valence-electron chi connectivity index (χ1n) is 4.90. The van der Waals surface area contributed by atoms with Crippen LogP contribution in [-0.2, 0) is 13.1 Å². The van der Waals surface area contributed by atoms with Gasteiger partial charge in [0.15, 0.2) is 0 Å². The summed E-state index contributed by atoms with van der Waals surface area (Å²) in [5, 5.41) is 6.50. The summed E-state index contributed by atoms with van der Waals surface area (Å²) in [5.41, 5.74) is 2.29. The highest BCUT2D eigenvalue weighted by Crippen LogP contribution is 2.10. The van der Waals surface area contributed by atoms with Crippen LogP contribution in [0.15, 0.2) is 22.1 Å². The Morgan fingerprint density at radius 2 is 2.27 bits per heavy atom. The van der Waals surface area contributed by atoms with Crippen LogP contribution in [0, 0.1) is 13.8 Å². The van der Waals surface area contributed by atoms with Crippen molar-refractivity contribution in [3.8, 4) is 0 Å². The van der Waals surface area contributed by atoms with Gasteiger partial charge in [-0.3, -0.25) is 0 Å². The molecule has 0 saturated heterocycles. The zero-order valence-electron chi connectivity index (χ0n) is 8.91. The quantitative estimate of drug-likeness (QED) is 0.864. The van der Waals surface area contributed by atoms with Crippen molar-refractivity contribution in [1.82, 2.24) is 10.3 Å². The first-order chi connectivity index (χ1) is 7.25. The molecule has 0 spiro atoms. The monoisotopic (exact) mass is 222 g/mol. The Labute approximate surface area is 93.2 Å². The zero-order valence-corrected chi connectivity index (χ0v) is 9.73. The van der Waals surface area contributed by atoms with Crippen LogP contribution in [0.1, 0.15) is 22.0 Å². The molecule has 15 heavy (non-hydrogen) atoms. The fraction of sp³-hybridized carbons (Fsp3) is 0.364. The van der Waals surface area contributed by atoms with Crippen LogP contribution in [-0.4, -0.2) is 4.98 Å². The second-order valence-electron chi connectivity index (χ2n) is 3.49. The van der Waals surface area contributed by atoms with Crippen LogP contribution < -0.4 is 5.32 Å². The average molecular weight is 222 g/mol. The lowest BCUT2D eigenvalue weighted by atomic mass is 10.3. The van der Waals surface area contributed by atoms with Gasteiger partial charge in [0, 0.05) is 11.9 Å². The zero-order chi connectivity index (χ0) is 10.7. The van der Waals surface area contributed by atoms with Crippen LogP contribution in [0.4, 0.5) is 0 Å². The molecule has 0 aromatic carbocycles. The highest BCUT2D eigenvalue weighted by Gasteiger charge is 2.02. The van der Waals surface area contributed by atoms with Gasteiger partial charge < -0.3 is 9.73 Å². The molecule has 2 aromatic heterocycles. The molecule has 4 heteroatoms. The largest absolute Gasteiger partial charge is 0.468 e. The Morgan fingerprint density at radius 1 is 1.40 bits per heavy atom. The van der Waals surface area contributed by atoms with Crippen molar-refractivity contribution >= 4 is 11.3 Å². The molecule has 0 aliphatic rings. The maximum absolute atomic E-state index is 5.33. The van der Waals surface area contributed by atoms with E-state index in [9.17, 15) is 0 Å². The fourth-order valence-electron chi connectivity index (χ4n) is 1.38. The van der Waals surface area contributed by atoms with E-state index in [0.29, 0.717) is 0 Å². The number of nitrogens with one attached hydrogen (secondary N) is 1. The first kappa shape index (κ1) is 10.4. The number of rotatable bonds is 4.